The second kappa shape index (κ2) is 9.68. The fourth-order valence-electron chi connectivity index (χ4n) is 3.93. The van der Waals surface area contributed by atoms with E-state index in [0.29, 0.717) is 18.3 Å². The zero-order valence-corrected chi connectivity index (χ0v) is 18.7. The van der Waals surface area contributed by atoms with E-state index in [1.54, 1.807) is 12.0 Å². The number of methoxy groups -OCH3 is 1. The van der Waals surface area contributed by atoms with Crippen LogP contribution in [0.3, 0.4) is 0 Å². The minimum absolute atomic E-state index is 0.105. The highest BCUT2D eigenvalue weighted by molar-refractivity contribution is 5.86. The van der Waals surface area contributed by atoms with Crippen LogP contribution in [0, 0.1) is 0 Å². The number of carbonyl (C=O) groups is 1. The summed E-state index contributed by atoms with van der Waals surface area (Å²) in [5.74, 6) is 1.66. The van der Waals surface area contributed by atoms with Gasteiger partial charge in [-0.1, -0.05) is 55.3 Å². The molecule has 2 amide bonds. The van der Waals surface area contributed by atoms with Crippen molar-refractivity contribution >= 4 is 11.6 Å². The van der Waals surface area contributed by atoms with E-state index < -0.39 is 0 Å². The molecule has 3 aromatic rings. The number of amides is 2. The van der Waals surface area contributed by atoms with E-state index in [9.17, 15) is 4.79 Å². The van der Waals surface area contributed by atoms with Gasteiger partial charge in [-0.15, -0.1) is 0 Å². The average Bonchev–Trinajstić information content (AvgIpc) is 3.31. The highest BCUT2D eigenvalue weighted by Gasteiger charge is 2.35. The Morgan fingerprint density at radius 1 is 1.09 bits per heavy atom. The second-order valence-electron chi connectivity index (χ2n) is 7.80. The van der Waals surface area contributed by atoms with Crippen LogP contribution in [0.2, 0.25) is 0 Å². The molecule has 0 bridgehead atoms. The Bertz CT molecular complexity index is 1090. The van der Waals surface area contributed by atoms with Crippen molar-refractivity contribution in [3.05, 3.63) is 71.7 Å². The summed E-state index contributed by atoms with van der Waals surface area (Å²) in [6.07, 6.45) is 3.09. The van der Waals surface area contributed by atoms with Crippen molar-refractivity contribution in [2.75, 3.05) is 13.7 Å². The van der Waals surface area contributed by atoms with Crippen molar-refractivity contribution in [1.82, 2.24) is 20.4 Å². The Balaban J connectivity index is 1.74. The van der Waals surface area contributed by atoms with Gasteiger partial charge in [0.2, 0.25) is 5.82 Å². The lowest BCUT2D eigenvalue weighted by molar-refractivity contribution is 0.204. The molecule has 2 aromatic carbocycles. The summed E-state index contributed by atoms with van der Waals surface area (Å²) < 4.78 is 10.9. The molecule has 1 unspecified atom stereocenters. The predicted molar refractivity (Wildman–Crippen MR) is 123 cm³/mol. The molecule has 1 atom stereocenters. The van der Waals surface area contributed by atoms with Gasteiger partial charge in [0.05, 0.1) is 18.7 Å². The summed E-state index contributed by atoms with van der Waals surface area (Å²) in [6, 6.07) is 16.9. The van der Waals surface area contributed by atoms with Gasteiger partial charge in [0.25, 0.3) is 5.89 Å². The molecule has 0 saturated carbocycles. The van der Waals surface area contributed by atoms with Crippen LogP contribution in [0.25, 0.3) is 17.0 Å². The standard InChI is InChI=1S/C25H28N4O3/c1-4-5-9-16-29-17(2)21(22(26-25(29)30)18-10-7-6-8-11-18)24-27-23(28-32-24)19-12-14-20(31-3)15-13-19/h6-8,10-15,22H,4-5,9,16H2,1-3H3,(H,26,30). The number of allylic oxidation sites excluding steroid dienone is 1. The Kier molecular flexibility index (Phi) is 6.54. The molecule has 1 aromatic heterocycles. The number of hydrogen-bond acceptors (Lipinski definition) is 5. The molecule has 4 rings (SSSR count). The topological polar surface area (TPSA) is 80.5 Å². The number of unbranched alkanes of at least 4 members (excludes halogenated alkanes) is 2. The molecule has 0 saturated heterocycles. The van der Waals surface area contributed by atoms with Crippen LogP contribution in [0.4, 0.5) is 4.79 Å². The molecule has 166 valence electrons. The first-order valence-electron chi connectivity index (χ1n) is 10.9. The van der Waals surface area contributed by atoms with Gasteiger partial charge in [-0.3, -0.25) is 4.90 Å². The Morgan fingerprint density at radius 2 is 1.84 bits per heavy atom. The zero-order valence-electron chi connectivity index (χ0n) is 18.7. The van der Waals surface area contributed by atoms with Crippen LogP contribution in [0.1, 0.15) is 50.6 Å². The molecule has 7 heteroatoms. The normalized spacial score (nSPS) is 16.3. The summed E-state index contributed by atoms with van der Waals surface area (Å²) in [6.45, 7) is 4.75. The van der Waals surface area contributed by atoms with Gasteiger partial charge in [0.15, 0.2) is 0 Å². The molecule has 1 aliphatic rings. The molecule has 1 N–H and O–H groups in total. The molecule has 0 radical (unpaired) electrons. The van der Waals surface area contributed by atoms with Crippen LogP contribution in [0.5, 0.6) is 5.75 Å². The molecule has 0 fully saturated rings. The van der Waals surface area contributed by atoms with Gasteiger partial charge in [-0.25, -0.2) is 4.79 Å². The number of carbonyl (C=O) groups excluding carboxylic acids is 1. The largest absolute Gasteiger partial charge is 0.497 e. The van der Waals surface area contributed by atoms with Crippen molar-refractivity contribution in [3.63, 3.8) is 0 Å². The quantitative estimate of drug-likeness (QED) is 0.480. The van der Waals surface area contributed by atoms with Crippen LogP contribution < -0.4 is 10.1 Å². The van der Waals surface area contributed by atoms with E-state index in [2.05, 4.69) is 22.4 Å². The van der Waals surface area contributed by atoms with Crippen molar-refractivity contribution < 1.29 is 14.1 Å². The van der Waals surface area contributed by atoms with E-state index in [1.165, 1.54) is 0 Å². The molecular weight excluding hydrogens is 404 g/mol. The van der Waals surface area contributed by atoms with Gasteiger partial charge in [0.1, 0.15) is 5.75 Å². The molecule has 2 heterocycles. The first kappa shape index (κ1) is 21.6. The first-order valence-corrected chi connectivity index (χ1v) is 10.9. The minimum atomic E-state index is -0.365. The Morgan fingerprint density at radius 3 is 2.53 bits per heavy atom. The van der Waals surface area contributed by atoms with Crippen molar-refractivity contribution in [2.45, 2.75) is 39.2 Å². The van der Waals surface area contributed by atoms with Crippen molar-refractivity contribution in [3.8, 4) is 17.1 Å². The number of nitrogens with zero attached hydrogens (tertiary/aromatic N) is 3. The maximum absolute atomic E-state index is 12.9. The minimum Gasteiger partial charge on any atom is -0.497 e. The van der Waals surface area contributed by atoms with Gasteiger partial charge in [0, 0.05) is 17.8 Å². The monoisotopic (exact) mass is 432 g/mol. The number of hydrogen-bond donors (Lipinski definition) is 1. The Hall–Kier alpha value is -3.61. The van der Waals surface area contributed by atoms with Crippen molar-refractivity contribution in [1.29, 1.82) is 0 Å². The highest BCUT2D eigenvalue weighted by Crippen LogP contribution is 2.37. The Labute approximate surface area is 188 Å². The third-order valence-corrected chi connectivity index (χ3v) is 5.72. The van der Waals surface area contributed by atoms with Gasteiger partial charge < -0.3 is 14.6 Å². The number of aromatic nitrogens is 2. The van der Waals surface area contributed by atoms with E-state index in [4.69, 9.17) is 9.26 Å². The average molecular weight is 433 g/mol. The predicted octanol–water partition coefficient (Wildman–Crippen LogP) is 5.43. The summed E-state index contributed by atoms with van der Waals surface area (Å²) in [7, 11) is 1.63. The molecular formula is C25H28N4O3. The number of rotatable bonds is 8. The van der Waals surface area contributed by atoms with Gasteiger partial charge >= 0.3 is 6.03 Å². The lowest BCUT2D eigenvalue weighted by Crippen LogP contribution is -2.46. The number of urea groups is 1. The third kappa shape index (κ3) is 4.37. The summed E-state index contributed by atoms with van der Waals surface area (Å²) >= 11 is 0. The highest BCUT2D eigenvalue weighted by atomic mass is 16.5. The SMILES string of the molecule is CCCCCN1C(=O)NC(c2ccccc2)C(c2nc(-c3ccc(OC)cc3)no2)=C1C. The first-order chi connectivity index (χ1) is 15.6. The lowest BCUT2D eigenvalue weighted by atomic mass is 9.94. The summed E-state index contributed by atoms with van der Waals surface area (Å²) in [4.78, 5) is 19.4. The molecule has 1 aliphatic heterocycles. The van der Waals surface area contributed by atoms with E-state index in [0.717, 1.165) is 47.4 Å². The van der Waals surface area contributed by atoms with E-state index in [-0.39, 0.29) is 12.1 Å². The molecule has 0 aliphatic carbocycles. The van der Waals surface area contributed by atoms with Crippen LogP contribution >= 0.6 is 0 Å². The van der Waals surface area contributed by atoms with Gasteiger partial charge in [-0.05, 0) is 43.2 Å². The zero-order chi connectivity index (χ0) is 22.5. The number of nitrogens with one attached hydrogen (secondary N) is 1. The molecule has 0 spiro atoms. The van der Waals surface area contributed by atoms with Crippen LogP contribution in [0.15, 0.2) is 64.8 Å². The fraction of sp³-hybridized carbons (Fsp3) is 0.320. The summed E-state index contributed by atoms with van der Waals surface area (Å²) in [5, 5.41) is 7.34. The number of ether oxygens (including phenoxy) is 1. The van der Waals surface area contributed by atoms with E-state index in [1.807, 2.05) is 61.5 Å². The summed E-state index contributed by atoms with van der Waals surface area (Å²) in [5.41, 5.74) is 3.45. The molecule has 7 nitrogen and oxygen atoms in total. The maximum Gasteiger partial charge on any atom is 0.322 e. The number of benzene rings is 2. The van der Waals surface area contributed by atoms with E-state index >= 15 is 0 Å². The third-order valence-electron chi connectivity index (χ3n) is 5.72. The lowest BCUT2D eigenvalue weighted by Gasteiger charge is -2.35. The molecule has 32 heavy (non-hydrogen) atoms. The maximum atomic E-state index is 12.9. The fourth-order valence-corrected chi connectivity index (χ4v) is 3.93. The smallest absolute Gasteiger partial charge is 0.322 e. The second-order valence-corrected chi connectivity index (χ2v) is 7.80. The van der Waals surface area contributed by atoms with Gasteiger partial charge in [-0.2, -0.15) is 4.98 Å². The van der Waals surface area contributed by atoms with Crippen LogP contribution in [-0.2, 0) is 0 Å². The van der Waals surface area contributed by atoms with Crippen LogP contribution in [-0.4, -0.2) is 34.7 Å². The van der Waals surface area contributed by atoms with Crippen molar-refractivity contribution in [2.24, 2.45) is 0 Å².